The molecule has 3 rings (SSSR count). The number of hydrogen-bond acceptors (Lipinski definition) is 5. The Bertz CT molecular complexity index is 1160. The maximum Gasteiger partial charge on any atom is 0.332 e. The predicted molar refractivity (Wildman–Crippen MR) is 149 cm³/mol. The molecule has 0 unspecified atom stereocenters. The number of rotatable bonds is 9. The Hall–Kier alpha value is -3.25. The van der Waals surface area contributed by atoms with Crippen molar-refractivity contribution in [2.75, 3.05) is 20.8 Å². The summed E-state index contributed by atoms with van der Waals surface area (Å²) in [6.45, 7) is 10.3. The summed E-state index contributed by atoms with van der Waals surface area (Å²) >= 11 is 3.50. The van der Waals surface area contributed by atoms with Crippen molar-refractivity contribution >= 4 is 27.6 Å². The summed E-state index contributed by atoms with van der Waals surface area (Å²) in [5, 5.41) is 3.66. The van der Waals surface area contributed by atoms with Crippen molar-refractivity contribution in [1.29, 1.82) is 0 Å². The molecule has 0 amide bonds. The van der Waals surface area contributed by atoms with Gasteiger partial charge in [-0.3, -0.25) is 0 Å². The SMILES string of the molecule is CCOC(=O)/C=C(/NC(c1cc(C)c(OC)c(C)c1)c1cc(C)c(OC)c(C)c1)c1ccc(Br)cc1. The highest BCUT2D eigenvalue weighted by Gasteiger charge is 2.21. The minimum atomic E-state index is -0.397. The Kier molecular flexibility index (Phi) is 9.21. The number of hydrogen-bond donors (Lipinski definition) is 1. The van der Waals surface area contributed by atoms with Crippen LogP contribution < -0.4 is 14.8 Å². The van der Waals surface area contributed by atoms with Crippen LogP contribution in [0.3, 0.4) is 0 Å². The van der Waals surface area contributed by atoms with E-state index in [-0.39, 0.29) is 6.04 Å². The number of esters is 1. The van der Waals surface area contributed by atoms with Crippen molar-refractivity contribution in [2.45, 2.75) is 40.7 Å². The summed E-state index contributed by atoms with van der Waals surface area (Å²) in [7, 11) is 3.38. The molecule has 0 saturated heterocycles. The monoisotopic (exact) mass is 551 g/mol. The number of methoxy groups -OCH3 is 2. The molecule has 190 valence electrons. The quantitative estimate of drug-likeness (QED) is 0.229. The summed E-state index contributed by atoms with van der Waals surface area (Å²) in [4.78, 5) is 12.6. The van der Waals surface area contributed by atoms with Crippen LogP contribution in [0.5, 0.6) is 11.5 Å². The summed E-state index contributed by atoms with van der Waals surface area (Å²) in [5.74, 6) is 1.34. The Balaban J connectivity index is 2.21. The molecule has 0 aliphatic rings. The number of nitrogens with one attached hydrogen (secondary N) is 1. The molecule has 0 saturated carbocycles. The highest BCUT2D eigenvalue weighted by Crippen LogP contribution is 2.35. The minimum Gasteiger partial charge on any atom is -0.496 e. The molecule has 1 N–H and O–H groups in total. The predicted octanol–water partition coefficient (Wildman–Crippen LogP) is 6.98. The molecular weight excluding hydrogens is 518 g/mol. The molecule has 0 heterocycles. The van der Waals surface area contributed by atoms with E-state index in [1.165, 1.54) is 6.08 Å². The van der Waals surface area contributed by atoms with E-state index in [4.69, 9.17) is 14.2 Å². The van der Waals surface area contributed by atoms with Gasteiger partial charge in [0, 0.05) is 16.2 Å². The van der Waals surface area contributed by atoms with Gasteiger partial charge in [0.05, 0.1) is 26.9 Å². The Morgan fingerprint density at radius 2 is 1.31 bits per heavy atom. The van der Waals surface area contributed by atoms with Gasteiger partial charge in [0.1, 0.15) is 11.5 Å². The largest absolute Gasteiger partial charge is 0.496 e. The fraction of sp³-hybridized carbons (Fsp3) is 0.300. The lowest BCUT2D eigenvalue weighted by Crippen LogP contribution is -2.23. The average Bonchev–Trinajstić information content (AvgIpc) is 2.82. The van der Waals surface area contributed by atoms with Crippen LogP contribution in [0.25, 0.3) is 5.70 Å². The molecule has 0 spiro atoms. The second-order valence-electron chi connectivity index (χ2n) is 8.77. The zero-order chi connectivity index (χ0) is 26.4. The lowest BCUT2D eigenvalue weighted by Gasteiger charge is -2.26. The number of aryl methyl sites for hydroxylation is 4. The van der Waals surface area contributed by atoms with Crippen molar-refractivity contribution in [2.24, 2.45) is 0 Å². The maximum absolute atomic E-state index is 12.6. The lowest BCUT2D eigenvalue weighted by atomic mass is 9.92. The highest BCUT2D eigenvalue weighted by molar-refractivity contribution is 9.10. The van der Waals surface area contributed by atoms with Crippen LogP contribution in [-0.2, 0) is 9.53 Å². The molecule has 0 fully saturated rings. The number of halogens is 1. The second kappa shape index (κ2) is 12.1. The molecule has 36 heavy (non-hydrogen) atoms. The number of benzene rings is 3. The van der Waals surface area contributed by atoms with Gasteiger partial charge in [-0.1, -0.05) is 28.1 Å². The molecule has 6 heteroatoms. The van der Waals surface area contributed by atoms with Crippen molar-refractivity contribution < 1.29 is 19.0 Å². The van der Waals surface area contributed by atoms with E-state index in [2.05, 4.69) is 45.5 Å². The first-order chi connectivity index (χ1) is 17.2. The van der Waals surface area contributed by atoms with Crippen LogP contribution in [0.2, 0.25) is 0 Å². The molecule has 0 aliphatic carbocycles. The van der Waals surface area contributed by atoms with Crippen molar-refractivity contribution in [3.63, 3.8) is 0 Å². The Morgan fingerprint density at radius 1 is 0.861 bits per heavy atom. The van der Waals surface area contributed by atoms with Gasteiger partial charge in [0.15, 0.2) is 0 Å². The zero-order valence-corrected chi connectivity index (χ0v) is 23.6. The summed E-state index contributed by atoms with van der Waals surface area (Å²) in [6, 6.07) is 16.1. The third-order valence-corrected chi connectivity index (χ3v) is 6.57. The Labute approximate surface area is 222 Å². The standard InChI is InChI=1S/C30H34BrNO4/c1-8-36-27(33)17-26(22-9-11-25(31)12-10-22)32-28(23-13-18(2)29(34-6)19(3)14-23)24-15-20(4)30(35-7)21(5)16-24/h9-17,28,32H,8H2,1-7H3/b26-17+. The number of ether oxygens (including phenoxy) is 3. The van der Waals surface area contributed by atoms with Crippen LogP contribution in [-0.4, -0.2) is 26.8 Å². The van der Waals surface area contributed by atoms with E-state index >= 15 is 0 Å². The van der Waals surface area contributed by atoms with Gasteiger partial charge in [0.2, 0.25) is 0 Å². The van der Waals surface area contributed by atoms with E-state index in [1.807, 2.05) is 52.0 Å². The molecule has 3 aromatic carbocycles. The van der Waals surface area contributed by atoms with E-state index < -0.39 is 5.97 Å². The van der Waals surface area contributed by atoms with Crippen LogP contribution >= 0.6 is 15.9 Å². The van der Waals surface area contributed by atoms with Crippen molar-refractivity contribution in [1.82, 2.24) is 5.32 Å². The fourth-order valence-electron chi connectivity index (χ4n) is 4.60. The minimum absolute atomic E-state index is 0.249. The van der Waals surface area contributed by atoms with Crippen LogP contribution in [0.4, 0.5) is 0 Å². The van der Waals surface area contributed by atoms with E-state index in [0.29, 0.717) is 12.3 Å². The molecule has 0 atom stereocenters. The second-order valence-corrected chi connectivity index (χ2v) is 9.69. The average molecular weight is 553 g/mol. The third-order valence-electron chi connectivity index (χ3n) is 6.04. The van der Waals surface area contributed by atoms with E-state index in [0.717, 1.165) is 54.9 Å². The third kappa shape index (κ3) is 6.30. The summed E-state index contributed by atoms with van der Waals surface area (Å²) < 4.78 is 17.4. The van der Waals surface area contributed by atoms with Crippen molar-refractivity contribution in [3.05, 3.63) is 98.0 Å². The van der Waals surface area contributed by atoms with Crippen LogP contribution in [0.1, 0.15) is 51.9 Å². The van der Waals surface area contributed by atoms with Gasteiger partial charge < -0.3 is 19.5 Å². The molecule has 0 aromatic heterocycles. The molecule has 5 nitrogen and oxygen atoms in total. The van der Waals surface area contributed by atoms with Crippen LogP contribution in [0.15, 0.2) is 59.1 Å². The molecular formula is C30H34BrNO4. The van der Waals surface area contributed by atoms with Gasteiger partial charge in [-0.05, 0) is 110 Å². The van der Waals surface area contributed by atoms with Gasteiger partial charge in [-0.15, -0.1) is 0 Å². The van der Waals surface area contributed by atoms with Gasteiger partial charge in [-0.2, -0.15) is 0 Å². The zero-order valence-electron chi connectivity index (χ0n) is 22.0. The highest BCUT2D eigenvalue weighted by atomic mass is 79.9. The summed E-state index contributed by atoms with van der Waals surface area (Å²) in [5.41, 5.74) is 7.83. The maximum atomic E-state index is 12.6. The van der Waals surface area contributed by atoms with E-state index in [1.54, 1.807) is 21.1 Å². The van der Waals surface area contributed by atoms with Gasteiger partial charge in [0.25, 0.3) is 0 Å². The fourth-order valence-corrected chi connectivity index (χ4v) is 4.86. The molecule has 0 radical (unpaired) electrons. The van der Waals surface area contributed by atoms with Gasteiger partial charge in [-0.25, -0.2) is 4.79 Å². The summed E-state index contributed by atoms with van der Waals surface area (Å²) in [6.07, 6.45) is 1.52. The first-order valence-corrected chi connectivity index (χ1v) is 12.7. The first-order valence-electron chi connectivity index (χ1n) is 11.9. The first kappa shape index (κ1) is 27.3. The van der Waals surface area contributed by atoms with Crippen LogP contribution in [0, 0.1) is 27.7 Å². The van der Waals surface area contributed by atoms with Crippen molar-refractivity contribution in [3.8, 4) is 11.5 Å². The molecule has 0 aliphatic heterocycles. The number of carbonyl (C=O) groups is 1. The smallest absolute Gasteiger partial charge is 0.332 e. The lowest BCUT2D eigenvalue weighted by molar-refractivity contribution is -0.137. The van der Waals surface area contributed by atoms with Gasteiger partial charge >= 0.3 is 5.97 Å². The van der Waals surface area contributed by atoms with E-state index in [9.17, 15) is 4.79 Å². The molecule has 3 aromatic rings. The molecule has 0 bridgehead atoms. The number of carbonyl (C=O) groups excluding carboxylic acids is 1. The topological polar surface area (TPSA) is 56.8 Å². The Morgan fingerprint density at radius 3 is 1.69 bits per heavy atom. The normalized spacial score (nSPS) is 11.4.